The Hall–Kier alpha value is -1.32. The van der Waals surface area contributed by atoms with Crippen LogP contribution in [0.25, 0.3) is 11.1 Å². The second-order valence-electron chi connectivity index (χ2n) is 6.45. The standard InChI is InChI=1S/C16H16BrF3O3SSi/c1-25(2,3)15-10-12(11-4-7-13(17)8-5-11)6-9-14(15)23-24(21,22)16(18,19)20/h4-10H,1-3H3. The van der Waals surface area contributed by atoms with E-state index in [1.807, 2.05) is 43.9 Å². The summed E-state index contributed by atoms with van der Waals surface area (Å²) in [6, 6.07) is 12.0. The SMILES string of the molecule is C[Si](C)(C)c1cc(-c2ccc(Br)cc2)ccc1OS(=O)(=O)C(F)(F)F. The van der Waals surface area contributed by atoms with E-state index in [-0.39, 0.29) is 5.75 Å². The van der Waals surface area contributed by atoms with Crippen LogP contribution in [0.15, 0.2) is 46.9 Å². The molecule has 0 aliphatic rings. The van der Waals surface area contributed by atoms with E-state index >= 15 is 0 Å². The van der Waals surface area contributed by atoms with Crippen LogP contribution in [0.1, 0.15) is 0 Å². The van der Waals surface area contributed by atoms with Crippen molar-refractivity contribution in [1.29, 1.82) is 0 Å². The van der Waals surface area contributed by atoms with E-state index in [2.05, 4.69) is 20.1 Å². The van der Waals surface area contributed by atoms with Gasteiger partial charge in [-0.15, -0.1) is 0 Å². The Morgan fingerprint density at radius 3 is 1.96 bits per heavy atom. The van der Waals surface area contributed by atoms with Gasteiger partial charge >= 0.3 is 15.6 Å². The van der Waals surface area contributed by atoms with Crippen LogP contribution in [0.3, 0.4) is 0 Å². The van der Waals surface area contributed by atoms with Gasteiger partial charge in [-0.05, 0) is 34.5 Å². The van der Waals surface area contributed by atoms with Gasteiger partial charge in [-0.2, -0.15) is 21.6 Å². The number of hydrogen-bond acceptors (Lipinski definition) is 3. The maximum absolute atomic E-state index is 12.6. The van der Waals surface area contributed by atoms with Crippen LogP contribution >= 0.6 is 15.9 Å². The smallest absolute Gasteiger partial charge is 0.376 e. The van der Waals surface area contributed by atoms with Crippen molar-refractivity contribution in [2.45, 2.75) is 25.1 Å². The van der Waals surface area contributed by atoms with Crippen LogP contribution in [-0.2, 0) is 10.1 Å². The molecule has 0 unspecified atom stereocenters. The molecule has 0 fully saturated rings. The lowest BCUT2D eigenvalue weighted by molar-refractivity contribution is -0.0499. The first-order chi connectivity index (χ1) is 11.3. The van der Waals surface area contributed by atoms with Gasteiger partial charge in [-0.1, -0.05) is 59.8 Å². The molecule has 3 nitrogen and oxygen atoms in total. The molecule has 0 spiro atoms. The highest BCUT2D eigenvalue weighted by Crippen LogP contribution is 2.29. The van der Waals surface area contributed by atoms with Gasteiger partial charge < -0.3 is 4.18 Å². The molecule has 9 heteroatoms. The maximum Gasteiger partial charge on any atom is 0.534 e. The van der Waals surface area contributed by atoms with Crippen LogP contribution in [0.2, 0.25) is 19.6 Å². The van der Waals surface area contributed by atoms with Gasteiger partial charge in [0.05, 0.1) is 8.07 Å². The molecule has 0 amide bonds. The summed E-state index contributed by atoms with van der Waals surface area (Å²) in [6.45, 7) is 5.71. The first-order valence-corrected chi connectivity index (χ1v) is 12.9. The van der Waals surface area contributed by atoms with Crippen molar-refractivity contribution < 1.29 is 25.8 Å². The average molecular weight is 453 g/mol. The first kappa shape index (κ1) is 20.0. The fourth-order valence-electron chi connectivity index (χ4n) is 2.18. The lowest BCUT2D eigenvalue weighted by Crippen LogP contribution is -2.40. The highest BCUT2D eigenvalue weighted by molar-refractivity contribution is 9.10. The number of alkyl halides is 3. The summed E-state index contributed by atoms with van der Waals surface area (Å²) in [5, 5.41) is 0.501. The zero-order valence-corrected chi connectivity index (χ0v) is 17.1. The van der Waals surface area contributed by atoms with Crippen molar-refractivity contribution in [1.82, 2.24) is 0 Å². The first-order valence-electron chi connectivity index (χ1n) is 7.22. The third kappa shape index (κ3) is 4.65. The van der Waals surface area contributed by atoms with E-state index in [4.69, 9.17) is 0 Å². The minimum absolute atomic E-state index is 0.266. The quantitative estimate of drug-likeness (QED) is 0.376. The van der Waals surface area contributed by atoms with Crippen molar-refractivity contribution in [2.75, 3.05) is 0 Å². The molecule has 0 heterocycles. The second-order valence-corrected chi connectivity index (χ2v) is 13.9. The van der Waals surface area contributed by atoms with E-state index < -0.39 is 23.7 Å². The number of hydrogen-bond donors (Lipinski definition) is 0. The van der Waals surface area contributed by atoms with Gasteiger partial charge in [0.1, 0.15) is 5.75 Å². The molecule has 136 valence electrons. The van der Waals surface area contributed by atoms with Gasteiger partial charge in [0.2, 0.25) is 0 Å². The van der Waals surface area contributed by atoms with Gasteiger partial charge in [-0.3, -0.25) is 0 Å². The molecule has 0 saturated heterocycles. The minimum Gasteiger partial charge on any atom is -0.376 e. The van der Waals surface area contributed by atoms with Crippen molar-refractivity contribution in [3.05, 3.63) is 46.9 Å². The molecule has 0 saturated carbocycles. The highest BCUT2D eigenvalue weighted by Gasteiger charge is 2.49. The zero-order valence-electron chi connectivity index (χ0n) is 13.7. The molecule has 25 heavy (non-hydrogen) atoms. The van der Waals surface area contributed by atoms with Crippen molar-refractivity contribution in [2.24, 2.45) is 0 Å². The summed E-state index contributed by atoms with van der Waals surface area (Å²) in [5.41, 5.74) is -3.82. The van der Waals surface area contributed by atoms with Gasteiger partial charge in [-0.25, -0.2) is 0 Å². The molecule has 0 aliphatic carbocycles. The van der Waals surface area contributed by atoms with Crippen LogP contribution in [0.5, 0.6) is 5.75 Å². The summed E-state index contributed by atoms with van der Waals surface area (Å²) in [6.07, 6.45) is 0. The fraction of sp³-hybridized carbons (Fsp3) is 0.250. The van der Waals surface area contributed by atoms with Crippen LogP contribution < -0.4 is 9.37 Å². The Bertz CT molecular complexity index is 873. The Morgan fingerprint density at radius 1 is 0.960 bits per heavy atom. The maximum atomic E-state index is 12.6. The predicted molar refractivity (Wildman–Crippen MR) is 98.2 cm³/mol. The summed E-state index contributed by atoms with van der Waals surface area (Å²) >= 11 is 3.34. The van der Waals surface area contributed by atoms with Gasteiger partial charge in [0.15, 0.2) is 0 Å². The average Bonchev–Trinajstić information content (AvgIpc) is 2.46. The van der Waals surface area contributed by atoms with Crippen LogP contribution in [-0.4, -0.2) is 22.0 Å². The Labute approximate surface area is 154 Å². The predicted octanol–water partition coefficient (Wildman–Crippen LogP) is 4.89. The Kier molecular flexibility index (Phi) is 5.41. The van der Waals surface area contributed by atoms with Crippen molar-refractivity contribution >= 4 is 39.3 Å². The third-order valence-electron chi connectivity index (χ3n) is 3.45. The molecular weight excluding hydrogens is 437 g/mol. The lowest BCUT2D eigenvalue weighted by Gasteiger charge is -2.22. The van der Waals surface area contributed by atoms with E-state index in [1.165, 1.54) is 6.07 Å². The second kappa shape index (κ2) is 6.77. The molecule has 0 N–H and O–H groups in total. The van der Waals surface area contributed by atoms with Crippen LogP contribution in [0.4, 0.5) is 13.2 Å². The van der Waals surface area contributed by atoms with Crippen molar-refractivity contribution in [3.8, 4) is 16.9 Å². The Balaban J connectivity index is 2.54. The van der Waals surface area contributed by atoms with Crippen molar-refractivity contribution in [3.63, 3.8) is 0 Å². The molecule has 2 aromatic carbocycles. The van der Waals surface area contributed by atoms with E-state index in [1.54, 1.807) is 12.1 Å². The Morgan fingerprint density at radius 2 is 1.48 bits per heavy atom. The number of rotatable bonds is 4. The lowest BCUT2D eigenvalue weighted by atomic mass is 10.1. The molecule has 2 aromatic rings. The topological polar surface area (TPSA) is 43.4 Å². The van der Waals surface area contributed by atoms with E-state index in [0.717, 1.165) is 15.6 Å². The normalized spacial score (nSPS) is 12.9. The van der Waals surface area contributed by atoms with Gasteiger partial charge in [0.25, 0.3) is 0 Å². The number of benzene rings is 2. The molecule has 0 bridgehead atoms. The fourth-order valence-corrected chi connectivity index (χ4v) is 4.45. The zero-order chi connectivity index (χ0) is 19.0. The number of halogens is 4. The van der Waals surface area contributed by atoms with E-state index in [9.17, 15) is 21.6 Å². The summed E-state index contributed by atoms with van der Waals surface area (Å²) in [7, 11) is -7.88. The van der Waals surface area contributed by atoms with Crippen LogP contribution in [0, 0.1) is 0 Å². The summed E-state index contributed by atoms with van der Waals surface area (Å²) < 4.78 is 65.9. The molecule has 0 radical (unpaired) electrons. The highest BCUT2D eigenvalue weighted by atomic mass is 79.9. The molecule has 0 atom stereocenters. The third-order valence-corrected chi connectivity index (χ3v) is 6.95. The largest absolute Gasteiger partial charge is 0.534 e. The van der Waals surface area contributed by atoms with E-state index in [0.29, 0.717) is 5.19 Å². The molecule has 0 aromatic heterocycles. The summed E-state index contributed by atoms with van der Waals surface area (Å²) in [4.78, 5) is 0. The minimum atomic E-state index is -5.70. The van der Waals surface area contributed by atoms with Gasteiger partial charge in [0, 0.05) is 4.47 Å². The molecular formula is C16H16BrF3O3SSi. The summed E-state index contributed by atoms with van der Waals surface area (Å²) in [5.74, 6) is -0.266. The molecule has 0 aliphatic heterocycles. The molecule has 2 rings (SSSR count). The monoisotopic (exact) mass is 452 g/mol.